The maximum Gasteiger partial charge on any atom is 0.251 e. The average Bonchev–Trinajstić information content (AvgIpc) is 3.68. The average molecular weight is 510 g/mol. The highest BCUT2D eigenvalue weighted by atomic mass is 32.2. The van der Waals surface area contributed by atoms with E-state index in [4.69, 9.17) is 9.72 Å². The van der Waals surface area contributed by atoms with Crippen LogP contribution < -0.4 is 5.32 Å². The predicted molar refractivity (Wildman–Crippen MR) is 140 cm³/mol. The van der Waals surface area contributed by atoms with E-state index >= 15 is 0 Å². The molecule has 0 atom stereocenters. The van der Waals surface area contributed by atoms with Crippen LogP contribution in [0.4, 0.5) is 0 Å². The number of aromatic nitrogens is 2. The molecule has 7 nitrogen and oxygen atoms in total. The summed E-state index contributed by atoms with van der Waals surface area (Å²) in [6, 6.07) is 13.0. The fourth-order valence-corrected chi connectivity index (χ4v) is 6.15. The van der Waals surface area contributed by atoms with E-state index in [2.05, 4.69) is 9.88 Å². The number of nitrogens with zero attached hydrogens (tertiary/aromatic N) is 2. The normalized spacial score (nSPS) is 20.5. The molecule has 192 valence electrons. The van der Waals surface area contributed by atoms with Gasteiger partial charge in [-0.3, -0.25) is 4.79 Å². The molecule has 0 spiro atoms. The highest BCUT2D eigenvalue weighted by Crippen LogP contribution is 2.40. The van der Waals surface area contributed by atoms with E-state index in [9.17, 15) is 13.2 Å². The second-order valence-corrected chi connectivity index (χ2v) is 12.4. The molecule has 2 fully saturated rings. The number of rotatable bonds is 9. The molecule has 2 aliphatic carbocycles. The second-order valence-electron chi connectivity index (χ2n) is 10.1. The summed E-state index contributed by atoms with van der Waals surface area (Å²) in [6.07, 6.45) is 8.33. The standard InChI is InChI=1S/C28H35N3O4S/c1-3-36(33,34)24-13-6-20(7-14-24)18-29-28(32)21-8-15-26-25(17-21)30-27(31(26)22-9-10-22)16-19-4-11-23(35-2)12-5-19/h6-8,13-15,17,19,22-23H,3-5,9-12,16,18H2,1-2H3,(H,29,32)/t19-,23+. The van der Waals surface area contributed by atoms with Crippen molar-refractivity contribution in [2.24, 2.45) is 5.92 Å². The number of sulfone groups is 1. The summed E-state index contributed by atoms with van der Waals surface area (Å²) < 4.78 is 31.9. The van der Waals surface area contributed by atoms with Gasteiger partial charge in [-0.15, -0.1) is 0 Å². The predicted octanol–water partition coefficient (Wildman–Crippen LogP) is 4.84. The Hall–Kier alpha value is -2.71. The van der Waals surface area contributed by atoms with Crippen molar-refractivity contribution in [1.29, 1.82) is 0 Å². The Labute approximate surface area is 213 Å². The molecule has 36 heavy (non-hydrogen) atoms. The lowest BCUT2D eigenvalue weighted by Crippen LogP contribution is -2.22. The SMILES string of the molecule is CCS(=O)(=O)c1ccc(CNC(=O)c2ccc3c(c2)nc(C[C@H]2CC[C@@H](OC)CC2)n3C2CC2)cc1. The van der Waals surface area contributed by atoms with Crippen LogP contribution in [0, 0.1) is 5.92 Å². The van der Waals surface area contributed by atoms with Gasteiger partial charge in [0.2, 0.25) is 0 Å². The molecule has 1 heterocycles. The van der Waals surface area contributed by atoms with E-state index in [1.54, 1.807) is 38.3 Å². The van der Waals surface area contributed by atoms with Gasteiger partial charge < -0.3 is 14.6 Å². The zero-order chi connectivity index (χ0) is 25.3. The Morgan fingerprint density at radius 2 is 1.78 bits per heavy atom. The van der Waals surface area contributed by atoms with Crippen molar-refractivity contribution >= 4 is 26.8 Å². The number of hydrogen-bond acceptors (Lipinski definition) is 5. The maximum atomic E-state index is 12.9. The van der Waals surface area contributed by atoms with Crippen molar-refractivity contribution in [1.82, 2.24) is 14.9 Å². The molecule has 2 saturated carbocycles. The van der Waals surface area contributed by atoms with Gasteiger partial charge in [-0.1, -0.05) is 19.1 Å². The number of carbonyl (C=O) groups is 1. The molecule has 2 aromatic carbocycles. The third kappa shape index (κ3) is 5.34. The van der Waals surface area contributed by atoms with Crippen molar-refractivity contribution in [2.75, 3.05) is 12.9 Å². The monoisotopic (exact) mass is 509 g/mol. The first-order valence-electron chi connectivity index (χ1n) is 13.0. The Bertz CT molecular complexity index is 1340. The van der Waals surface area contributed by atoms with Crippen LogP contribution in [0.15, 0.2) is 47.4 Å². The maximum absolute atomic E-state index is 12.9. The molecule has 0 radical (unpaired) electrons. The van der Waals surface area contributed by atoms with Crippen molar-refractivity contribution in [2.45, 2.75) is 75.5 Å². The molecule has 0 saturated heterocycles. The molecule has 2 aliphatic rings. The molecule has 1 aromatic heterocycles. The lowest BCUT2D eigenvalue weighted by Gasteiger charge is -2.27. The van der Waals surface area contributed by atoms with Crippen molar-refractivity contribution in [3.63, 3.8) is 0 Å². The fourth-order valence-electron chi connectivity index (χ4n) is 5.27. The van der Waals surface area contributed by atoms with E-state index < -0.39 is 9.84 Å². The van der Waals surface area contributed by atoms with E-state index in [0.29, 0.717) is 35.1 Å². The van der Waals surface area contributed by atoms with Crippen molar-refractivity contribution in [3.05, 3.63) is 59.4 Å². The van der Waals surface area contributed by atoms with Gasteiger partial charge in [-0.2, -0.15) is 0 Å². The van der Waals surface area contributed by atoms with Crippen molar-refractivity contribution in [3.8, 4) is 0 Å². The molecule has 1 N–H and O–H groups in total. The van der Waals surface area contributed by atoms with Crippen LogP contribution in [0.1, 0.15) is 73.2 Å². The minimum Gasteiger partial charge on any atom is -0.381 e. The van der Waals surface area contributed by atoms with Gasteiger partial charge in [0.05, 0.1) is 27.8 Å². The second kappa shape index (κ2) is 10.3. The van der Waals surface area contributed by atoms with Crippen molar-refractivity contribution < 1.29 is 17.9 Å². The summed E-state index contributed by atoms with van der Waals surface area (Å²) in [4.78, 5) is 18.2. The van der Waals surface area contributed by atoms with E-state index in [0.717, 1.165) is 41.7 Å². The summed E-state index contributed by atoms with van der Waals surface area (Å²) in [5.74, 6) is 1.68. The number of methoxy groups -OCH3 is 1. The number of benzene rings is 2. The summed E-state index contributed by atoms with van der Waals surface area (Å²) >= 11 is 0. The van der Waals surface area contributed by atoms with Crippen LogP contribution >= 0.6 is 0 Å². The molecule has 5 rings (SSSR count). The van der Waals surface area contributed by atoms with Gasteiger partial charge in [-0.05, 0) is 80.3 Å². The van der Waals surface area contributed by atoms with Crippen LogP contribution in [-0.4, -0.2) is 42.8 Å². The minimum atomic E-state index is -3.23. The van der Waals surface area contributed by atoms with Gasteiger partial charge >= 0.3 is 0 Å². The first kappa shape index (κ1) is 25.0. The Morgan fingerprint density at radius 3 is 2.42 bits per heavy atom. The first-order chi connectivity index (χ1) is 17.4. The highest BCUT2D eigenvalue weighted by Gasteiger charge is 2.30. The summed E-state index contributed by atoms with van der Waals surface area (Å²) in [7, 11) is -1.42. The summed E-state index contributed by atoms with van der Waals surface area (Å²) in [6.45, 7) is 1.96. The highest BCUT2D eigenvalue weighted by molar-refractivity contribution is 7.91. The zero-order valence-corrected chi connectivity index (χ0v) is 21.9. The molecule has 8 heteroatoms. The lowest BCUT2D eigenvalue weighted by molar-refractivity contribution is 0.0565. The minimum absolute atomic E-state index is 0.0682. The molecular formula is C28H35N3O4S. The molecule has 0 aliphatic heterocycles. The number of hydrogen-bond donors (Lipinski definition) is 1. The Morgan fingerprint density at radius 1 is 1.06 bits per heavy atom. The van der Waals surface area contributed by atoms with Gasteiger partial charge in [0.1, 0.15) is 5.82 Å². The molecule has 0 unspecified atom stereocenters. The Kier molecular flexibility index (Phi) is 7.17. The van der Waals surface area contributed by atoms with Gasteiger partial charge in [0.15, 0.2) is 9.84 Å². The first-order valence-corrected chi connectivity index (χ1v) is 14.7. The van der Waals surface area contributed by atoms with Gasteiger partial charge in [0.25, 0.3) is 5.91 Å². The number of carbonyl (C=O) groups excluding carboxylic acids is 1. The number of imidazole rings is 1. The molecule has 3 aromatic rings. The number of amides is 1. The zero-order valence-electron chi connectivity index (χ0n) is 21.1. The fraction of sp³-hybridized carbons (Fsp3) is 0.500. The molecule has 1 amide bonds. The topological polar surface area (TPSA) is 90.3 Å². The third-order valence-corrected chi connectivity index (χ3v) is 9.40. The van der Waals surface area contributed by atoms with Crippen LogP contribution in [0.3, 0.4) is 0 Å². The van der Waals surface area contributed by atoms with Crippen LogP contribution in [0.5, 0.6) is 0 Å². The van der Waals surface area contributed by atoms with Crippen LogP contribution in [0.25, 0.3) is 11.0 Å². The quantitative estimate of drug-likeness (QED) is 0.446. The number of ether oxygens (including phenoxy) is 1. The van der Waals surface area contributed by atoms with Crippen LogP contribution in [0.2, 0.25) is 0 Å². The molecule has 0 bridgehead atoms. The summed E-state index contributed by atoms with van der Waals surface area (Å²) in [5.41, 5.74) is 3.43. The van der Waals surface area contributed by atoms with Crippen LogP contribution in [-0.2, 0) is 27.5 Å². The largest absolute Gasteiger partial charge is 0.381 e. The van der Waals surface area contributed by atoms with E-state index in [-0.39, 0.29) is 11.7 Å². The number of nitrogens with one attached hydrogen (secondary N) is 1. The Balaban J connectivity index is 1.28. The molecular weight excluding hydrogens is 474 g/mol. The van der Waals surface area contributed by atoms with Gasteiger partial charge in [0, 0.05) is 31.7 Å². The van der Waals surface area contributed by atoms with Gasteiger partial charge in [-0.25, -0.2) is 13.4 Å². The smallest absolute Gasteiger partial charge is 0.251 e. The van der Waals surface area contributed by atoms with E-state index in [1.165, 1.54) is 25.7 Å². The number of fused-ring (bicyclic) bond motifs is 1. The third-order valence-electron chi connectivity index (χ3n) is 7.65. The van der Waals surface area contributed by atoms with E-state index in [1.807, 2.05) is 18.2 Å². The lowest BCUT2D eigenvalue weighted by atomic mass is 9.85. The summed E-state index contributed by atoms with van der Waals surface area (Å²) in [5, 5.41) is 2.95.